The zero-order chi connectivity index (χ0) is 14.8. The molecule has 0 aliphatic heterocycles. The van der Waals surface area contributed by atoms with E-state index in [1.54, 1.807) is 12.3 Å². The number of pyridine rings is 1. The second-order valence-corrected chi connectivity index (χ2v) is 4.22. The standard InChI is InChI=1S/C18H22N2/c1-5-8-10-15(6-2)13-16(7-3)18(19-4)17-11-9-12-20-14-17/h5-6,8-14H,1,7H2,2-4H3/b10-8-,15-6+,16-13+,19-18?. The topological polar surface area (TPSA) is 25.2 Å². The molecule has 2 heteroatoms. The average Bonchev–Trinajstić information content (AvgIpc) is 2.51. The summed E-state index contributed by atoms with van der Waals surface area (Å²) < 4.78 is 0. The van der Waals surface area contributed by atoms with Crippen LogP contribution in [0.2, 0.25) is 0 Å². The number of aliphatic imine (C=N–C) groups is 1. The Morgan fingerprint density at radius 3 is 2.75 bits per heavy atom. The zero-order valence-corrected chi connectivity index (χ0v) is 12.5. The van der Waals surface area contributed by atoms with E-state index < -0.39 is 0 Å². The van der Waals surface area contributed by atoms with E-state index in [-0.39, 0.29) is 0 Å². The first kappa shape index (κ1) is 15.8. The first-order valence-electron chi connectivity index (χ1n) is 6.80. The summed E-state index contributed by atoms with van der Waals surface area (Å²) in [7, 11) is 1.82. The normalized spacial score (nSPS) is 13.8. The molecule has 0 atom stereocenters. The summed E-state index contributed by atoms with van der Waals surface area (Å²) in [6.45, 7) is 7.86. The Morgan fingerprint density at radius 1 is 1.45 bits per heavy atom. The van der Waals surface area contributed by atoms with Gasteiger partial charge in [-0.05, 0) is 42.7 Å². The van der Waals surface area contributed by atoms with Crippen LogP contribution in [0.15, 0.2) is 77.6 Å². The fraction of sp³-hybridized carbons (Fsp3) is 0.222. The molecule has 1 rings (SSSR count). The van der Waals surface area contributed by atoms with Crippen molar-refractivity contribution in [1.82, 2.24) is 4.98 Å². The second kappa shape index (κ2) is 8.81. The number of rotatable bonds is 6. The van der Waals surface area contributed by atoms with Crippen molar-refractivity contribution in [2.24, 2.45) is 4.99 Å². The molecule has 104 valence electrons. The molecule has 0 aliphatic carbocycles. The van der Waals surface area contributed by atoms with E-state index in [1.165, 1.54) is 5.57 Å². The van der Waals surface area contributed by atoms with Crippen molar-refractivity contribution in [3.8, 4) is 0 Å². The van der Waals surface area contributed by atoms with Crippen molar-refractivity contribution in [3.63, 3.8) is 0 Å². The molecule has 0 aromatic carbocycles. The summed E-state index contributed by atoms with van der Waals surface area (Å²) in [6.07, 6.45) is 14.5. The van der Waals surface area contributed by atoms with Gasteiger partial charge in [-0.2, -0.15) is 0 Å². The summed E-state index contributed by atoms with van der Waals surface area (Å²) in [5.41, 5.74) is 4.38. The highest BCUT2D eigenvalue weighted by Gasteiger charge is 2.07. The maximum Gasteiger partial charge on any atom is 0.0690 e. The molecule has 20 heavy (non-hydrogen) atoms. The van der Waals surface area contributed by atoms with Crippen molar-refractivity contribution in [1.29, 1.82) is 0 Å². The summed E-state index contributed by atoms with van der Waals surface area (Å²) in [5.74, 6) is 0. The van der Waals surface area contributed by atoms with Crippen molar-refractivity contribution in [2.45, 2.75) is 20.3 Å². The van der Waals surface area contributed by atoms with Crippen LogP contribution in [0.3, 0.4) is 0 Å². The molecule has 0 saturated carbocycles. The van der Waals surface area contributed by atoms with Gasteiger partial charge in [-0.1, -0.05) is 37.8 Å². The monoisotopic (exact) mass is 266 g/mol. The van der Waals surface area contributed by atoms with E-state index in [1.807, 2.05) is 44.5 Å². The second-order valence-electron chi connectivity index (χ2n) is 4.22. The predicted molar refractivity (Wildman–Crippen MR) is 88.2 cm³/mol. The van der Waals surface area contributed by atoms with E-state index in [0.29, 0.717) is 0 Å². The quantitative estimate of drug-likeness (QED) is 0.548. The molecule has 0 saturated heterocycles. The summed E-state index contributed by atoms with van der Waals surface area (Å²) in [4.78, 5) is 8.60. The lowest BCUT2D eigenvalue weighted by atomic mass is 9.99. The van der Waals surface area contributed by atoms with Crippen LogP contribution in [-0.2, 0) is 0 Å². The Morgan fingerprint density at radius 2 is 2.25 bits per heavy atom. The van der Waals surface area contributed by atoms with Gasteiger partial charge in [-0.15, -0.1) is 0 Å². The molecule has 0 fully saturated rings. The molecule has 0 radical (unpaired) electrons. The van der Waals surface area contributed by atoms with Crippen LogP contribution in [-0.4, -0.2) is 17.7 Å². The minimum absolute atomic E-state index is 0.917. The van der Waals surface area contributed by atoms with Gasteiger partial charge in [0.1, 0.15) is 0 Å². The Balaban J connectivity index is 3.17. The summed E-state index contributed by atoms with van der Waals surface area (Å²) >= 11 is 0. The molecular formula is C18H22N2. The van der Waals surface area contributed by atoms with Gasteiger partial charge in [0.25, 0.3) is 0 Å². The molecule has 1 aromatic heterocycles. The Labute approximate surface area is 122 Å². The van der Waals surface area contributed by atoms with Gasteiger partial charge in [-0.3, -0.25) is 9.98 Å². The number of hydrogen-bond donors (Lipinski definition) is 0. The summed E-state index contributed by atoms with van der Waals surface area (Å²) in [5, 5.41) is 0. The lowest BCUT2D eigenvalue weighted by Crippen LogP contribution is -2.05. The van der Waals surface area contributed by atoms with Crippen molar-refractivity contribution >= 4 is 5.71 Å². The highest BCUT2D eigenvalue weighted by molar-refractivity contribution is 6.12. The van der Waals surface area contributed by atoms with Crippen LogP contribution < -0.4 is 0 Å². The molecule has 0 unspecified atom stereocenters. The van der Waals surface area contributed by atoms with Gasteiger partial charge in [0.2, 0.25) is 0 Å². The van der Waals surface area contributed by atoms with Crippen molar-refractivity contribution < 1.29 is 0 Å². The molecule has 2 nitrogen and oxygen atoms in total. The third-order valence-electron chi connectivity index (χ3n) is 2.94. The fourth-order valence-corrected chi connectivity index (χ4v) is 1.91. The van der Waals surface area contributed by atoms with Gasteiger partial charge in [0, 0.05) is 25.0 Å². The molecule has 0 spiro atoms. The maximum atomic E-state index is 4.43. The highest BCUT2D eigenvalue weighted by atomic mass is 14.7. The van der Waals surface area contributed by atoms with Crippen LogP contribution in [0.25, 0.3) is 0 Å². The van der Waals surface area contributed by atoms with Crippen LogP contribution in [0.5, 0.6) is 0 Å². The SMILES string of the molecule is C=C\C=C/C(=C\C)/C=C(\CC)C(=NC)c1cccnc1. The molecular weight excluding hydrogens is 244 g/mol. The van der Waals surface area contributed by atoms with E-state index in [4.69, 9.17) is 0 Å². The lowest BCUT2D eigenvalue weighted by molar-refractivity contribution is 1.15. The molecule has 0 amide bonds. The summed E-state index contributed by atoms with van der Waals surface area (Å²) in [6, 6.07) is 3.97. The van der Waals surface area contributed by atoms with Crippen molar-refractivity contribution in [2.75, 3.05) is 7.05 Å². The van der Waals surface area contributed by atoms with E-state index in [0.717, 1.165) is 23.3 Å². The van der Waals surface area contributed by atoms with Gasteiger partial charge in [0.05, 0.1) is 5.71 Å². The molecule has 0 N–H and O–H groups in total. The fourth-order valence-electron chi connectivity index (χ4n) is 1.91. The number of nitrogens with zero attached hydrogens (tertiary/aromatic N) is 2. The highest BCUT2D eigenvalue weighted by Crippen LogP contribution is 2.15. The maximum absolute atomic E-state index is 4.43. The van der Waals surface area contributed by atoms with Crippen LogP contribution in [0.1, 0.15) is 25.8 Å². The van der Waals surface area contributed by atoms with Gasteiger partial charge < -0.3 is 0 Å². The first-order chi connectivity index (χ1) is 9.76. The molecule has 1 heterocycles. The van der Waals surface area contributed by atoms with Gasteiger partial charge in [0.15, 0.2) is 0 Å². The van der Waals surface area contributed by atoms with E-state index in [9.17, 15) is 0 Å². The minimum atomic E-state index is 0.917. The van der Waals surface area contributed by atoms with E-state index in [2.05, 4.69) is 35.6 Å². The van der Waals surface area contributed by atoms with Crippen molar-refractivity contribution in [3.05, 3.63) is 78.2 Å². The van der Waals surface area contributed by atoms with Gasteiger partial charge >= 0.3 is 0 Å². The number of allylic oxidation sites excluding steroid dienone is 7. The smallest absolute Gasteiger partial charge is 0.0690 e. The number of hydrogen-bond acceptors (Lipinski definition) is 2. The molecule has 0 aliphatic rings. The third-order valence-corrected chi connectivity index (χ3v) is 2.94. The Kier molecular flexibility index (Phi) is 6.97. The van der Waals surface area contributed by atoms with Crippen LogP contribution in [0, 0.1) is 0 Å². The Hall–Kier alpha value is -2.22. The third kappa shape index (κ3) is 4.47. The predicted octanol–water partition coefficient (Wildman–Crippen LogP) is 4.53. The van der Waals surface area contributed by atoms with Crippen LogP contribution >= 0.6 is 0 Å². The van der Waals surface area contributed by atoms with Crippen LogP contribution in [0.4, 0.5) is 0 Å². The molecule has 0 bridgehead atoms. The minimum Gasteiger partial charge on any atom is -0.288 e. The zero-order valence-electron chi connectivity index (χ0n) is 12.5. The van der Waals surface area contributed by atoms with E-state index >= 15 is 0 Å². The lowest BCUT2D eigenvalue weighted by Gasteiger charge is -2.09. The molecule has 1 aromatic rings. The average molecular weight is 266 g/mol. The number of aromatic nitrogens is 1. The Bertz CT molecular complexity index is 546. The largest absolute Gasteiger partial charge is 0.288 e. The first-order valence-corrected chi connectivity index (χ1v) is 6.80. The van der Waals surface area contributed by atoms with Gasteiger partial charge in [-0.25, -0.2) is 0 Å².